The van der Waals surface area contributed by atoms with Crippen LogP contribution in [-0.2, 0) is 0 Å². The minimum absolute atomic E-state index is 0.0181. The van der Waals surface area contributed by atoms with Gasteiger partial charge in [0.25, 0.3) is 0 Å². The van der Waals surface area contributed by atoms with Crippen LogP contribution in [0.25, 0.3) is 0 Å². The van der Waals surface area contributed by atoms with Gasteiger partial charge in [0.2, 0.25) is 0 Å². The molecule has 0 aliphatic carbocycles. The van der Waals surface area contributed by atoms with Crippen LogP contribution >= 0.6 is 0 Å². The Bertz CT molecular complexity index is 280. The molecule has 1 aromatic carbocycles. The van der Waals surface area contributed by atoms with E-state index in [0.717, 1.165) is 5.56 Å². The van der Waals surface area contributed by atoms with Gasteiger partial charge in [-0.25, -0.2) is 0 Å². The molecule has 0 heterocycles. The topological polar surface area (TPSA) is 40.5 Å². The molecule has 14 heavy (non-hydrogen) atoms. The van der Waals surface area contributed by atoms with Crippen LogP contribution in [0.2, 0.25) is 0 Å². The highest BCUT2D eigenvalue weighted by Crippen LogP contribution is 2.21. The van der Waals surface area contributed by atoms with Crippen LogP contribution in [0.15, 0.2) is 42.5 Å². The molecule has 0 unspecified atom stereocenters. The Kier molecular flexibility index (Phi) is 4.36. The van der Waals surface area contributed by atoms with Gasteiger partial charge in [-0.3, -0.25) is 0 Å². The second kappa shape index (κ2) is 5.58. The highest BCUT2D eigenvalue weighted by molar-refractivity contribution is 5.18. The summed E-state index contributed by atoms with van der Waals surface area (Å²) in [5, 5.41) is 18.5. The zero-order valence-electron chi connectivity index (χ0n) is 8.30. The van der Waals surface area contributed by atoms with Crippen molar-refractivity contribution in [1.82, 2.24) is 0 Å². The molecule has 2 atom stereocenters. The number of rotatable bonds is 4. The van der Waals surface area contributed by atoms with E-state index in [9.17, 15) is 5.11 Å². The summed E-state index contributed by atoms with van der Waals surface area (Å²) in [7, 11) is 0. The summed E-state index contributed by atoms with van der Waals surface area (Å²) in [5.41, 5.74) is 0.905. The summed E-state index contributed by atoms with van der Waals surface area (Å²) < 4.78 is 0. The van der Waals surface area contributed by atoms with Crippen LogP contribution in [0, 0.1) is 5.92 Å². The van der Waals surface area contributed by atoms with Crippen molar-refractivity contribution in [2.75, 3.05) is 6.61 Å². The standard InChI is InChI=1S/C12H16O2/c1-10(6-5-9-13)12(14)11-7-3-2-4-8-11/h2-8,10,12-14H,9H2,1H3/b6-5+/t10-,12+/m1/s1. The Hall–Kier alpha value is -1.12. The molecule has 0 bridgehead atoms. The number of hydrogen-bond acceptors (Lipinski definition) is 2. The van der Waals surface area contributed by atoms with Gasteiger partial charge < -0.3 is 10.2 Å². The van der Waals surface area contributed by atoms with E-state index in [-0.39, 0.29) is 12.5 Å². The third-order valence-electron chi connectivity index (χ3n) is 2.18. The predicted octanol–water partition coefficient (Wildman–Crippen LogP) is 1.90. The van der Waals surface area contributed by atoms with Gasteiger partial charge in [0.1, 0.15) is 0 Å². The van der Waals surface area contributed by atoms with Gasteiger partial charge in [-0.05, 0) is 5.56 Å². The minimum Gasteiger partial charge on any atom is -0.392 e. The summed E-state index contributed by atoms with van der Waals surface area (Å²) >= 11 is 0. The first-order chi connectivity index (χ1) is 6.75. The molecule has 2 nitrogen and oxygen atoms in total. The van der Waals surface area contributed by atoms with Crippen LogP contribution < -0.4 is 0 Å². The second-order valence-corrected chi connectivity index (χ2v) is 3.33. The van der Waals surface area contributed by atoms with Crippen LogP contribution in [0.1, 0.15) is 18.6 Å². The quantitative estimate of drug-likeness (QED) is 0.715. The van der Waals surface area contributed by atoms with Crippen molar-refractivity contribution in [3.05, 3.63) is 48.0 Å². The van der Waals surface area contributed by atoms with Gasteiger partial charge in [-0.15, -0.1) is 0 Å². The molecule has 76 valence electrons. The Balaban J connectivity index is 2.65. The molecule has 0 fully saturated rings. The number of benzene rings is 1. The third kappa shape index (κ3) is 2.98. The van der Waals surface area contributed by atoms with Crippen LogP contribution in [-0.4, -0.2) is 16.8 Å². The molecular formula is C12H16O2. The van der Waals surface area contributed by atoms with E-state index in [2.05, 4.69) is 0 Å². The van der Waals surface area contributed by atoms with Crippen molar-refractivity contribution in [1.29, 1.82) is 0 Å². The summed E-state index contributed by atoms with van der Waals surface area (Å²) in [5.74, 6) is 0.0181. The van der Waals surface area contributed by atoms with E-state index in [1.54, 1.807) is 6.08 Å². The fourth-order valence-corrected chi connectivity index (χ4v) is 1.33. The van der Waals surface area contributed by atoms with E-state index >= 15 is 0 Å². The minimum atomic E-state index is -0.501. The lowest BCUT2D eigenvalue weighted by Crippen LogP contribution is -2.06. The van der Waals surface area contributed by atoms with Crippen LogP contribution in [0.4, 0.5) is 0 Å². The lowest BCUT2D eigenvalue weighted by Gasteiger charge is -2.15. The van der Waals surface area contributed by atoms with E-state index in [4.69, 9.17) is 5.11 Å². The molecule has 2 heteroatoms. The average Bonchev–Trinajstić information content (AvgIpc) is 2.26. The van der Waals surface area contributed by atoms with E-state index in [0.29, 0.717) is 0 Å². The molecule has 2 N–H and O–H groups in total. The van der Waals surface area contributed by atoms with E-state index < -0.39 is 6.10 Å². The fourth-order valence-electron chi connectivity index (χ4n) is 1.33. The van der Waals surface area contributed by atoms with E-state index in [1.165, 1.54) is 0 Å². The zero-order valence-corrected chi connectivity index (χ0v) is 8.30. The maximum absolute atomic E-state index is 9.88. The lowest BCUT2D eigenvalue weighted by atomic mass is 9.97. The first-order valence-electron chi connectivity index (χ1n) is 4.76. The van der Waals surface area contributed by atoms with Gasteiger partial charge in [-0.2, -0.15) is 0 Å². The van der Waals surface area contributed by atoms with Crippen molar-refractivity contribution >= 4 is 0 Å². The summed E-state index contributed by atoms with van der Waals surface area (Å²) in [6.07, 6.45) is 2.97. The zero-order chi connectivity index (χ0) is 10.4. The molecule has 0 saturated heterocycles. The Labute approximate surface area is 84.5 Å². The van der Waals surface area contributed by atoms with Gasteiger partial charge in [0.05, 0.1) is 12.7 Å². The fraction of sp³-hybridized carbons (Fsp3) is 0.333. The molecule has 1 rings (SSSR count). The summed E-state index contributed by atoms with van der Waals surface area (Å²) in [6.45, 7) is 1.94. The Morgan fingerprint density at radius 2 is 1.93 bits per heavy atom. The SMILES string of the molecule is C[C@H](/C=C/CO)[C@H](O)c1ccccc1. The second-order valence-electron chi connectivity index (χ2n) is 3.33. The Morgan fingerprint density at radius 3 is 2.50 bits per heavy atom. The first-order valence-corrected chi connectivity index (χ1v) is 4.76. The van der Waals surface area contributed by atoms with Gasteiger partial charge in [-0.1, -0.05) is 49.4 Å². The van der Waals surface area contributed by atoms with Crippen molar-refractivity contribution in [3.63, 3.8) is 0 Å². The first kappa shape index (κ1) is 11.0. The smallest absolute Gasteiger partial charge is 0.0849 e. The number of aliphatic hydroxyl groups is 2. The highest BCUT2D eigenvalue weighted by atomic mass is 16.3. The highest BCUT2D eigenvalue weighted by Gasteiger charge is 2.12. The average molecular weight is 192 g/mol. The molecule has 0 spiro atoms. The molecule has 1 aromatic rings. The van der Waals surface area contributed by atoms with Gasteiger partial charge in [0, 0.05) is 5.92 Å². The maximum atomic E-state index is 9.88. The van der Waals surface area contributed by atoms with Crippen molar-refractivity contribution in [2.45, 2.75) is 13.0 Å². The molecule has 0 radical (unpaired) electrons. The predicted molar refractivity (Wildman–Crippen MR) is 56.8 cm³/mol. The van der Waals surface area contributed by atoms with Gasteiger partial charge >= 0.3 is 0 Å². The molecule has 0 saturated carbocycles. The lowest BCUT2D eigenvalue weighted by molar-refractivity contribution is 0.139. The monoisotopic (exact) mass is 192 g/mol. The molecule has 0 aliphatic rings. The number of hydrogen-bond donors (Lipinski definition) is 2. The molecule has 0 aromatic heterocycles. The molecular weight excluding hydrogens is 176 g/mol. The normalized spacial score (nSPS) is 15.6. The largest absolute Gasteiger partial charge is 0.392 e. The van der Waals surface area contributed by atoms with Crippen molar-refractivity contribution in [2.24, 2.45) is 5.92 Å². The van der Waals surface area contributed by atoms with Crippen molar-refractivity contribution in [3.8, 4) is 0 Å². The molecule has 0 amide bonds. The van der Waals surface area contributed by atoms with E-state index in [1.807, 2.05) is 43.3 Å². The van der Waals surface area contributed by atoms with Crippen LogP contribution in [0.5, 0.6) is 0 Å². The Morgan fingerprint density at radius 1 is 1.29 bits per heavy atom. The molecule has 0 aliphatic heterocycles. The summed E-state index contributed by atoms with van der Waals surface area (Å²) in [6, 6.07) is 9.52. The maximum Gasteiger partial charge on any atom is 0.0849 e. The van der Waals surface area contributed by atoms with Crippen LogP contribution in [0.3, 0.4) is 0 Å². The summed E-state index contributed by atoms with van der Waals surface area (Å²) in [4.78, 5) is 0. The van der Waals surface area contributed by atoms with Crippen molar-refractivity contribution < 1.29 is 10.2 Å². The number of aliphatic hydroxyl groups excluding tert-OH is 2. The van der Waals surface area contributed by atoms with Gasteiger partial charge in [0.15, 0.2) is 0 Å². The third-order valence-corrected chi connectivity index (χ3v) is 2.18.